The van der Waals surface area contributed by atoms with Crippen molar-refractivity contribution >= 4 is 55.6 Å². The van der Waals surface area contributed by atoms with Crippen LogP contribution >= 0.6 is 23.2 Å². The number of rotatable bonds is 10. The molecular weight excluding hydrogens is 1110 g/mol. The van der Waals surface area contributed by atoms with Crippen LogP contribution in [0.15, 0.2) is 129 Å². The van der Waals surface area contributed by atoms with Crippen molar-refractivity contribution in [2.75, 3.05) is 33.9 Å². The van der Waals surface area contributed by atoms with Gasteiger partial charge in [0.25, 0.3) is 11.8 Å². The minimum atomic E-state index is -3.36. The number of carbonyl (C=O) groups is 2. The number of Topliss-reactive ketones (excluding diaryl/α,β-unsaturated/α-hetero) is 2. The molecule has 21 heteroatoms. The maximum atomic E-state index is 14.0. The summed E-state index contributed by atoms with van der Waals surface area (Å²) < 4.78 is 60.5. The molecule has 0 radical (unpaired) electrons. The third-order valence-corrected chi connectivity index (χ3v) is 23.5. The third-order valence-electron chi connectivity index (χ3n) is 19.0. The summed E-state index contributed by atoms with van der Waals surface area (Å²) in [6.07, 6.45) is 9.38. The zero-order valence-corrected chi connectivity index (χ0v) is 49.1. The summed E-state index contributed by atoms with van der Waals surface area (Å²) in [4.78, 5) is 37.4. The summed E-state index contributed by atoms with van der Waals surface area (Å²) in [7, 11) is 2.75. The number of alkyl halides is 2. The molecule has 2 bridgehead atoms. The van der Waals surface area contributed by atoms with E-state index >= 15 is 0 Å². The lowest BCUT2D eigenvalue weighted by atomic mass is 9.60. The average molecular weight is 1170 g/mol. The monoisotopic (exact) mass is 1170 g/mol. The van der Waals surface area contributed by atoms with E-state index in [-0.39, 0.29) is 76.8 Å². The molecule has 426 valence electrons. The van der Waals surface area contributed by atoms with Crippen molar-refractivity contribution in [2.24, 2.45) is 46.3 Å². The molecule has 15 atom stereocenters. The molecule has 2 N–H and O–H groups in total. The first kappa shape index (κ1) is 56.8. The number of ketones is 2. The lowest BCUT2D eigenvalue weighted by molar-refractivity contribution is -0.0690. The second-order valence-electron chi connectivity index (χ2n) is 23.7. The maximum Gasteiger partial charge on any atom is 0.265 e. The zero-order valence-electron chi connectivity index (χ0n) is 46.0. The second-order valence-corrected chi connectivity index (χ2v) is 28.5. The maximum absolute atomic E-state index is 14.0. The molecule has 6 aliphatic carbocycles. The van der Waals surface area contributed by atoms with Crippen LogP contribution in [0.1, 0.15) is 103 Å². The molecule has 17 nitrogen and oxygen atoms in total. The van der Waals surface area contributed by atoms with Crippen LogP contribution in [0.3, 0.4) is 0 Å². The third kappa shape index (κ3) is 8.17. The van der Waals surface area contributed by atoms with Crippen LogP contribution in [0.5, 0.6) is 11.8 Å². The van der Waals surface area contributed by atoms with E-state index < -0.39 is 82.3 Å². The second kappa shape index (κ2) is 20.1. The average Bonchev–Trinajstić information content (AvgIpc) is 3.69. The fourth-order valence-corrected chi connectivity index (χ4v) is 19.8. The molecule has 13 rings (SSSR count). The van der Waals surface area contributed by atoms with Crippen LogP contribution in [-0.4, -0.2) is 119 Å². The molecular formula is C59H67Cl2N5O12S2. The van der Waals surface area contributed by atoms with E-state index in [0.717, 1.165) is 28.4 Å². The molecule has 5 unspecified atom stereocenters. The van der Waals surface area contributed by atoms with Gasteiger partial charge in [-0.2, -0.15) is 0 Å². The SMILES string of the molecule is CC1(C)C2CCC13CS(=O)(=O)N1OC13C2(Cl)Cl.C[C@@H]1C=C[C@H]2[C@H](N(C)C)c3onc(OCc4ccccc4)c3C(=O)[C@@]2(O)[C@@H]1C.C[C@@H]1[C@H](S(=O)c2ccccc2)C=C[C@H]2[C@H](N(C)C)c3onc(OCc4ccccc4)c3C(=O)[C@@]12O. The zero-order chi connectivity index (χ0) is 57.3. The number of hydroxylamine groups is 1. The number of nitrogens with zero attached hydrogens (tertiary/aromatic N) is 5. The van der Waals surface area contributed by atoms with Crippen molar-refractivity contribution < 1.29 is 55.8 Å². The number of hydrogen-bond donors (Lipinski definition) is 2. The minimum absolute atomic E-state index is 0.0649. The van der Waals surface area contributed by atoms with Crippen LogP contribution in [0, 0.1) is 46.3 Å². The molecule has 2 spiro atoms. The Morgan fingerprint density at radius 1 is 0.713 bits per heavy atom. The number of ether oxygens (including phenoxy) is 2. The van der Waals surface area contributed by atoms with Gasteiger partial charge in [0.2, 0.25) is 27.3 Å². The first-order valence-electron chi connectivity index (χ1n) is 26.9. The van der Waals surface area contributed by atoms with E-state index in [4.69, 9.17) is 46.6 Å². The Morgan fingerprint density at radius 3 is 1.64 bits per heavy atom. The van der Waals surface area contributed by atoms with Gasteiger partial charge in [-0.15, -0.1) is 0 Å². The predicted octanol–water partition coefficient (Wildman–Crippen LogP) is 8.91. The summed E-state index contributed by atoms with van der Waals surface area (Å²) in [6.45, 7) is 10.3. The lowest BCUT2D eigenvalue weighted by Gasteiger charge is -2.49. The van der Waals surface area contributed by atoms with E-state index in [2.05, 4.69) is 30.2 Å². The lowest BCUT2D eigenvalue weighted by Crippen LogP contribution is -2.61. The molecule has 2 saturated carbocycles. The molecule has 0 amide bonds. The van der Waals surface area contributed by atoms with Gasteiger partial charge in [0.1, 0.15) is 35.5 Å². The summed E-state index contributed by atoms with van der Waals surface area (Å²) in [5.74, 6) is -1.39. The fraction of sp³-hybridized carbons (Fsp3) is 0.492. The van der Waals surface area contributed by atoms with E-state index in [1.54, 1.807) is 19.1 Å². The first-order chi connectivity index (χ1) is 37.8. The summed E-state index contributed by atoms with van der Waals surface area (Å²) in [5, 5.41) is 31.3. The normalized spacial score (nSPS) is 36.0. The highest BCUT2D eigenvalue weighted by molar-refractivity contribution is 7.89. The molecule has 5 aromatic rings. The van der Waals surface area contributed by atoms with Crippen molar-refractivity contribution in [2.45, 2.75) is 104 Å². The number of fused-ring (bicyclic) bond motifs is 5. The largest absolute Gasteiger partial charge is 0.470 e. The van der Waals surface area contributed by atoms with Crippen LogP contribution in [0.4, 0.5) is 0 Å². The van der Waals surface area contributed by atoms with Crippen LogP contribution in [-0.2, 0) is 38.9 Å². The van der Waals surface area contributed by atoms with E-state index in [1.807, 2.05) is 149 Å². The summed E-state index contributed by atoms with van der Waals surface area (Å²) in [5.41, 5.74) is -2.68. The number of hydrogen-bond acceptors (Lipinski definition) is 16. The molecule has 2 aliphatic heterocycles. The standard InChI is InChI=1S/C27H28N2O5S.C22H26N2O4.C10H13Cl2NO3S/c1-17-21(35(32)19-12-8-5-9-13-19)15-14-20-23(29(2)3)24-22(25(30)27(17,20)31)26(28-34-24)33-16-18-10-6-4-7-11-18;1-13-10-11-16-18(24(3)4)19-17(20(25)22(16,26)14(13)2)21(23-28-19)27-12-15-8-6-5-7-9-15;1-7(2)6-3-4-8(7)5-17(14,15)13-10(8,16-13)9(6,11)12/h4-15,17,20-21,23,31H,16H2,1-3H3;5-11,13-14,16,18,26H,12H2,1-4H3;6H,3-5H2,1-2H3/t17-,20+,21-,23+,27-,35?;13-,14-,16+,18+,22-;/m11./s1. The van der Waals surface area contributed by atoms with Crippen LogP contribution in [0.2, 0.25) is 0 Å². The van der Waals surface area contributed by atoms with Gasteiger partial charge >= 0.3 is 0 Å². The number of sulfonamides is 1. The Morgan fingerprint density at radius 2 is 1.18 bits per heavy atom. The molecule has 4 fully saturated rings. The molecule has 8 aliphatic rings. The quantitative estimate of drug-likeness (QED) is 0.0758. The molecule has 4 heterocycles. The van der Waals surface area contributed by atoms with Crippen LogP contribution < -0.4 is 9.47 Å². The fourth-order valence-electron chi connectivity index (χ4n) is 14.4. The topological polar surface area (TPSA) is 218 Å². The molecule has 3 aromatic carbocycles. The Bertz CT molecular complexity index is 3410. The van der Waals surface area contributed by atoms with Gasteiger partial charge in [0.05, 0.1) is 33.9 Å². The van der Waals surface area contributed by atoms with Gasteiger partial charge in [-0.1, -0.05) is 161 Å². The molecule has 80 heavy (non-hydrogen) atoms. The molecule has 2 aromatic heterocycles. The summed E-state index contributed by atoms with van der Waals surface area (Å²) >= 11 is 13.0. The van der Waals surface area contributed by atoms with Gasteiger partial charge in [-0.3, -0.25) is 28.4 Å². The number of aliphatic hydroxyl groups is 2. The number of halogens is 2. The first-order valence-corrected chi connectivity index (χ1v) is 30.5. The van der Waals surface area contributed by atoms with E-state index in [1.165, 1.54) is 0 Å². The molecule has 2 saturated heterocycles. The Hall–Kier alpha value is -5.06. The number of allylic oxidation sites excluding steroid dienone is 1. The Labute approximate surface area is 478 Å². The highest BCUT2D eigenvalue weighted by Crippen LogP contribution is 2.85. The highest BCUT2D eigenvalue weighted by atomic mass is 35.5. The van der Waals surface area contributed by atoms with E-state index in [9.17, 15) is 32.4 Å². The number of benzene rings is 3. The van der Waals surface area contributed by atoms with Crippen LogP contribution in [0.25, 0.3) is 0 Å². The minimum Gasteiger partial charge on any atom is -0.470 e. The van der Waals surface area contributed by atoms with Crippen molar-refractivity contribution in [3.8, 4) is 11.8 Å². The smallest absolute Gasteiger partial charge is 0.265 e. The van der Waals surface area contributed by atoms with Gasteiger partial charge in [-0.05, 0) is 96.3 Å². The summed E-state index contributed by atoms with van der Waals surface area (Å²) in [6, 6.07) is 27.6. The van der Waals surface area contributed by atoms with Crippen molar-refractivity contribution in [1.82, 2.24) is 24.6 Å². The number of aromatic nitrogens is 2. The van der Waals surface area contributed by atoms with Crippen molar-refractivity contribution in [3.63, 3.8) is 0 Å². The Balaban J connectivity index is 0.000000134. The Kier molecular flexibility index (Phi) is 14.3. The van der Waals surface area contributed by atoms with Crippen molar-refractivity contribution in [3.05, 3.63) is 149 Å². The van der Waals surface area contributed by atoms with Crippen molar-refractivity contribution in [1.29, 1.82) is 0 Å². The van der Waals surface area contributed by atoms with Gasteiger partial charge in [0.15, 0.2) is 15.9 Å². The van der Waals surface area contributed by atoms with Gasteiger partial charge in [-0.25, -0.2) is 8.42 Å². The predicted molar refractivity (Wildman–Crippen MR) is 298 cm³/mol. The van der Waals surface area contributed by atoms with Gasteiger partial charge < -0.3 is 28.7 Å². The van der Waals surface area contributed by atoms with E-state index in [0.29, 0.717) is 16.4 Å². The van der Waals surface area contributed by atoms with Gasteiger partial charge in [0, 0.05) is 34.0 Å². The number of carbonyl (C=O) groups excluding carboxylic acids is 2. The highest BCUT2D eigenvalue weighted by Gasteiger charge is 2.97.